The molecule has 2 aromatic carbocycles. The molecule has 0 spiro atoms. The van der Waals surface area contributed by atoms with E-state index < -0.39 is 0 Å². The molecule has 2 nitrogen and oxygen atoms in total. The molecule has 24 heavy (non-hydrogen) atoms. The van der Waals surface area contributed by atoms with E-state index in [4.69, 9.17) is 23.2 Å². The van der Waals surface area contributed by atoms with Crippen molar-refractivity contribution in [1.82, 2.24) is 5.32 Å². The van der Waals surface area contributed by atoms with Gasteiger partial charge in [0.05, 0.1) is 6.04 Å². The fraction of sp³-hybridized carbons (Fsp3) is 0.350. The fourth-order valence-corrected chi connectivity index (χ4v) is 3.32. The number of carbonyl (C=O) groups is 1. The molecule has 128 valence electrons. The predicted molar refractivity (Wildman–Crippen MR) is 102 cm³/mol. The van der Waals surface area contributed by atoms with Crippen LogP contribution in [-0.4, -0.2) is 5.91 Å². The molecule has 0 fully saturated rings. The van der Waals surface area contributed by atoms with Gasteiger partial charge in [0.1, 0.15) is 0 Å². The van der Waals surface area contributed by atoms with Gasteiger partial charge in [0.2, 0.25) is 5.91 Å². The molecule has 0 unspecified atom stereocenters. The Balaban J connectivity index is 1.98. The molecule has 4 heteroatoms. The van der Waals surface area contributed by atoms with Crippen LogP contribution in [0.2, 0.25) is 10.0 Å². The van der Waals surface area contributed by atoms with Gasteiger partial charge < -0.3 is 5.32 Å². The first kappa shape index (κ1) is 18.8. The van der Waals surface area contributed by atoms with Crippen molar-refractivity contribution < 1.29 is 4.79 Å². The van der Waals surface area contributed by atoms with E-state index in [9.17, 15) is 4.79 Å². The average Bonchev–Trinajstić information content (AvgIpc) is 2.50. The highest BCUT2D eigenvalue weighted by Gasteiger charge is 2.13. The number of aryl methyl sites for hydroxylation is 4. The van der Waals surface area contributed by atoms with Crippen LogP contribution in [0.1, 0.15) is 47.2 Å². The maximum absolute atomic E-state index is 12.3. The molecule has 0 radical (unpaired) electrons. The van der Waals surface area contributed by atoms with Crippen LogP contribution in [-0.2, 0) is 11.2 Å². The zero-order chi connectivity index (χ0) is 17.9. The molecule has 0 heterocycles. The molecular formula is C20H23Cl2NO. The number of rotatable bonds is 5. The van der Waals surface area contributed by atoms with Crippen molar-refractivity contribution >= 4 is 29.1 Å². The minimum Gasteiger partial charge on any atom is -0.350 e. The van der Waals surface area contributed by atoms with Gasteiger partial charge in [0, 0.05) is 16.5 Å². The molecule has 0 aliphatic rings. The maximum atomic E-state index is 12.3. The lowest BCUT2D eigenvalue weighted by Crippen LogP contribution is -2.27. The Hall–Kier alpha value is -1.51. The van der Waals surface area contributed by atoms with Gasteiger partial charge in [-0.3, -0.25) is 4.79 Å². The van der Waals surface area contributed by atoms with Crippen molar-refractivity contribution in [2.24, 2.45) is 0 Å². The number of amides is 1. The van der Waals surface area contributed by atoms with Gasteiger partial charge in [-0.1, -0.05) is 41.4 Å². The monoisotopic (exact) mass is 363 g/mol. The summed E-state index contributed by atoms with van der Waals surface area (Å²) in [5.41, 5.74) is 5.81. The highest BCUT2D eigenvalue weighted by molar-refractivity contribution is 6.35. The predicted octanol–water partition coefficient (Wildman–Crippen LogP) is 5.73. The first-order valence-corrected chi connectivity index (χ1v) is 8.84. The van der Waals surface area contributed by atoms with Gasteiger partial charge in [-0.25, -0.2) is 0 Å². The Labute approximate surface area is 154 Å². The minimum atomic E-state index is -0.0162. The van der Waals surface area contributed by atoms with E-state index in [1.165, 1.54) is 16.7 Å². The van der Waals surface area contributed by atoms with Gasteiger partial charge in [0.15, 0.2) is 0 Å². The molecule has 0 saturated heterocycles. The van der Waals surface area contributed by atoms with Crippen LogP contribution in [0.25, 0.3) is 0 Å². The summed E-state index contributed by atoms with van der Waals surface area (Å²) in [5.74, 6) is 0.0196. The van der Waals surface area contributed by atoms with Crippen molar-refractivity contribution in [2.75, 3.05) is 0 Å². The van der Waals surface area contributed by atoms with Crippen molar-refractivity contribution in [3.63, 3.8) is 0 Å². The molecule has 0 aliphatic heterocycles. The second-order valence-electron chi connectivity index (χ2n) is 6.32. The standard InChI is InChI=1S/C20H23Cl2NO/c1-12-9-14(3)18(10-13(12)2)15(4)23-20(24)8-6-16-5-7-17(21)11-19(16)22/h5,7,9-11,15H,6,8H2,1-4H3,(H,23,24)/t15-/m0/s1. The number of hydrogen-bond acceptors (Lipinski definition) is 1. The maximum Gasteiger partial charge on any atom is 0.220 e. The third-order valence-corrected chi connectivity index (χ3v) is 4.95. The highest BCUT2D eigenvalue weighted by atomic mass is 35.5. The first-order chi connectivity index (χ1) is 11.3. The Kier molecular flexibility index (Phi) is 6.31. The summed E-state index contributed by atoms with van der Waals surface area (Å²) in [4.78, 5) is 12.3. The third-order valence-electron chi connectivity index (χ3n) is 4.36. The van der Waals surface area contributed by atoms with Crippen LogP contribution < -0.4 is 5.32 Å². The van der Waals surface area contributed by atoms with Gasteiger partial charge in [-0.05, 0) is 74.1 Å². The summed E-state index contributed by atoms with van der Waals surface area (Å²) >= 11 is 12.0. The number of carbonyl (C=O) groups excluding carboxylic acids is 1. The van der Waals surface area contributed by atoms with Crippen molar-refractivity contribution in [2.45, 2.75) is 46.6 Å². The molecule has 1 amide bonds. The van der Waals surface area contributed by atoms with Crippen molar-refractivity contribution in [1.29, 1.82) is 0 Å². The average molecular weight is 364 g/mol. The summed E-state index contributed by atoms with van der Waals surface area (Å²) in [6.07, 6.45) is 0.996. The normalized spacial score (nSPS) is 12.1. The molecule has 0 bridgehead atoms. The number of hydrogen-bond donors (Lipinski definition) is 1. The zero-order valence-corrected chi connectivity index (χ0v) is 16.1. The Morgan fingerprint density at radius 3 is 2.38 bits per heavy atom. The van der Waals surface area contributed by atoms with Crippen LogP contribution >= 0.6 is 23.2 Å². The lowest BCUT2D eigenvalue weighted by Gasteiger charge is -2.18. The van der Waals surface area contributed by atoms with Crippen molar-refractivity contribution in [3.05, 3.63) is 68.2 Å². The third kappa shape index (κ3) is 4.75. The Morgan fingerprint density at radius 2 is 1.71 bits per heavy atom. The molecule has 0 aliphatic carbocycles. The Morgan fingerprint density at radius 1 is 1.04 bits per heavy atom. The molecule has 1 N–H and O–H groups in total. The first-order valence-electron chi connectivity index (χ1n) is 8.09. The van der Waals surface area contributed by atoms with E-state index >= 15 is 0 Å². The van der Waals surface area contributed by atoms with Crippen LogP contribution in [0.4, 0.5) is 0 Å². The zero-order valence-electron chi connectivity index (χ0n) is 14.5. The van der Waals surface area contributed by atoms with Crippen LogP contribution in [0.15, 0.2) is 30.3 Å². The van der Waals surface area contributed by atoms with E-state index in [1.807, 2.05) is 13.0 Å². The van der Waals surface area contributed by atoms with E-state index in [0.717, 1.165) is 11.1 Å². The second-order valence-corrected chi connectivity index (χ2v) is 7.16. The van der Waals surface area contributed by atoms with E-state index in [0.29, 0.717) is 22.9 Å². The van der Waals surface area contributed by atoms with Crippen molar-refractivity contribution in [3.8, 4) is 0 Å². The van der Waals surface area contributed by atoms with E-state index in [-0.39, 0.29) is 11.9 Å². The smallest absolute Gasteiger partial charge is 0.220 e. The summed E-state index contributed by atoms with van der Waals surface area (Å²) in [7, 11) is 0. The molecule has 1 atom stereocenters. The fourth-order valence-electron chi connectivity index (χ4n) is 2.81. The van der Waals surface area contributed by atoms with Gasteiger partial charge in [-0.15, -0.1) is 0 Å². The lowest BCUT2D eigenvalue weighted by atomic mass is 9.96. The summed E-state index contributed by atoms with van der Waals surface area (Å²) in [6, 6.07) is 9.68. The topological polar surface area (TPSA) is 29.1 Å². The molecule has 0 saturated carbocycles. The minimum absolute atomic E-state index is 0.0162. The molecular weight excluding hydrogens is 341 g/mol. The van der Waals surface area contributed by atoms with Gasteiger partial charge >= 0.3 is 0 Å². The number of nitrogens with one attached hydrogen (secondary N) is 1. The Bertz CT molecular complexity index is 756. The summed E-state index contributed by atoms with van der Waals surface area (Å²) in [6.45, 7) is 8.29. The largest absolute Gasteiger partial charge is 0.350 e. The van der Waals surface area contributed by atoms with Gasteiger partial charge in [-0.2, -0.15) is 0 Å². The quantitative estimate of drug-likeness (QED) is 0.721. The molecule has 2 aromatic rings. The molecule has 0 aromatic heterocycles. The SMILES string of the molecule is Cc1cc(C)c([C@H](C)NC(=O)CCc2ccc(Cl)cc2Cl)cc1C. The number of halogens is 2. The second kappa shape index (κ2) is 8.04. The molecule has 2 rings (SSSR count). The summed E-state index contributed by atoms with van der Waals surface area (Å²) < 4.78 is 0. The number of benzene rings is 2. The van der Waals surface area contributed by atoms with E-state index in [1.54, 1.807) is 12.1 Å². The van der Waals surface area contributed by atoms with Gasteiger partial charge in [0.25, 0.3) is 0 Å². The van der Waals surface area contributed by atoms with E-state index in [2.05, 4.69) is 38.2 Å². The van der Waals surface area contributed by atoms with Crippen LogP contribution in [0, 0.1) is 20.8 Å². The highest BCUT2D eigenvalue weighted by Crippen LogP contribution is 2.23. The van der Waals surface area contributed by atoms with Crippen LogP contribution in [0.5, 0.6) is 0 Å². The summed E-state index contributed by atoms with van der Waals surface area (Å²) in [5, 5.41) is 4.29. The lowest BCUT2D eigenvalue weighted by molar-refractivity contribution is -0.121. The van der Waals surface area contributed by atoms with Crippen LogP contribution in [0.3, 0.4) is 0 Å².